The molecule has 1 saturated heterocycles. The van der Waals surface area contributed by atoms with Gasteiger partial charge in [-0.3, -0.25) is 4.79 Å². The Hall–Kier alpha value is -1.39. The topological polar surface area (TPSA) is 49.6 Å². The SMILES string of the molecule is CN1CCN(C(=O)C2(c3ccc(CC4(N)CC4)cc3)CC2)CC1. The highest BCUT2D eigenvalue weighted by molar-refractivity contribution is 5.91. The molecular weight excluding hydrogens is 286 g/mol. The third kappa shape index (κ3) is 2.90. The van der Waals surface area contributed by atoms with E-state index in [0.29, 0.717) is 5.91 Å². The quantitative estimate of drug-likeness (QED) is 0.917. The van der Waals surface area contributed by atoms with Crippen LogP contribution in [-0.4, -0.2) is 54.5 Å². The molecule has 0 spiro atoms. The summed E-state index contributed by atoms with van der Waals surface area (Å²) in [4.78, 5) is 17.4. The molecule has 2 aliphatic carbocycles. The van der Waals surface area contributed by atoms with Gasteiger partial charge in [0.1, 0.15) is 0 Å². The summed E-state index contributed by atoms with van der Waals surface area (Å²) in [5, 5.41) is 0. The lowest BCUT2D eigenvalue weighted by Gasteiger charge is -2.35. The number of carbonyl (C=O) groups is 1. The first-order valence-electron chi connectivity index (χ1n) is 8.87. The van der Waals surface area contributed by atoms with E-state index in [4.69, 9.17) is 5.73 Å². The molecule has 1 heterocycles. The first-order chi connectivity index (χ1) is 11.0. The van der Waals surface area contributed by atoms with Gasteiger partial charge in [0.05, 0.1) is 5.41 Å². The van der Waals surface area contributed by atoms with E-state index in [2.05, 4.69) is 41.1 Å². The van der Waals surface area contributed by atoms with Crippen LogP contribution in [0.4, 0.5) is 0 Å². The smallest absolute Gasteiger partial charge is 0.233 e. The number of nitrogens with two attached hydrogens (primary N) is 1. The van der Waals surface area contributed by atoms with Crippen LogP contribution in [0, 0.1) is 0 Å². The minimum absolute atomic E-state index is 0.0500. The summed E-state index contributed by atoms with van der Waals surface area (Å²) >= 11 is 0. The average Bonchev–Trinajstić information content (AvgIpc) is 3.46. The third-order valence-corrected chi connectivity index (χ3v) is 5.90. The van der Waals surface area contributed by atoms with E-state index < -0.39 is 0 Å². The van der Waals surface area contributed by atoms with Gasteiger partial charge in [0.15, 0.2) is 0 Å². The molecule has 2 saturated carbocycles. The number of likely N-dealkylation sites (N-methyl/N-ethyl adjacent to an activating group) is 1. The van der Waals surface area contributed by atoms with E-state index in [9.17, 15) is 4.79 Å². The normalized spacial score (nSPS) is 25.2. The van der Waals surface area contributed by atoms with Gasteiger partial charge in [-0.2, -0.15) is 0 Å². The van der Waals surface area contributed by atoms with E-state index in [1.165, 1.54) is 11.1 Å². The number of amides is 1. The lowest BCUT2D eigenvalue weighted by Crippen LogP contribution is -2.50. The number of hydrogen-bond donors (Lipinski definition) is 1. The standard InChI is InChI=1S/C19H27N3O/c1-21-10-12-22(13-11-21)17(23)19(8-9-19)16-4-2-15(3-5-16)14-18(20)6-7-18/h2-5H,6-14,20H2,1H3. The van der Waals surface area contributed by atoms with Crippen molar-refractivity contribution in [2.75, 3.05) is 33.2 Å². The van der Waals surface area contributed by atoms with Gasteiger partial charge in [-0.1, -0.05) is 24.3 Å². The Bertz CT molecular complexity index is 594. The minimum atomic E-state index is -0.228. The Balaban J connectivity index is 1.47. The van der Waals surface area contributed by atoms with Crippen molar-refractivity contribution in [2.24, 2.45) is 5.73 Å². The molecule has 1 aromatic rings. The molecule has 0 unspecified atom stereocenters. The molecule has 4 heteroatoms. The molecule has 0 radical (unpaired) electrons. The second-order valence-corrected chi connectivity index (χ2v) is 7.91. The van der Waals surface area contributed by atoms with Crippen molar-refractivity contribution in [1.29, 1.82) is 0 Å². The van der Waals surface area contributed by atoms with Crippen LogP contribution in [0.5, 0.6) is 0 Å². The summed E-state index contributed by atoms with van der Waals surface area (Å²) < 4.78 is 0. The van der Waals surface area contributed by atoms with Crippen LogP contribution >= 0.6 is 0 Å². The van der Waals surface area contributed by atoms with E-state index in [0.717, 1.165) is 58.3 Å². The molecule has 23 heavy (non-hydrogen) atoms. The molecule has 4 nitrogen and oxygen atoms in total. The van der Waals surface area contributed by atoms with Crippen molar-refractivity contribution in [3.05, 3.63) is 35.4 Å². The van der Waals surface area contributed by atoms with Crippen molar-refractivity contribution in [3.63, 3.8) is 0 Å². The maximum atomic E-state index is 13.0. The van der Waals surface area contributed by atoms with Crippen LogP contribution in [-0.2, 0) is 16.6 Å². The summed E-state index contributed by atoms with van der Waals surface area (Å²) in [7, 11) is 2.12. The largest absolute Gasteiger partial charge is 0.339 e. The molecule has 3 fully saturated rings. The summed E-state index contributed by atoms with van der Waals surface area (Å²) in [5.74, 6) is 0.343. The van der Waals surface area contributed by atoms with Gasteiger partial charge in [-0.25, -0.2) is 0 Å². The second-order valence-electron chi connectivity index (χ2n) is 7.91. The van der Waals surface area contributed by atoms with Gasteiger partial charge in [0.25, 0.3) is 0 Å². The van der Waals surface area contributed by atoms with Crippen LogP contribution in [0.25, 0.3) is 0 Å². The zero-order valence-electron chi connectivity index (χ0n) is 14.1. The number of rotatable bonds is 4. The molecule has 0 aromatic heterocycles. The zero-order valence-corrected chi connectivity index (χ0v) is 14.1. The van der Waals surface area contributed by atoms with Crippen LogP contribution in [0.3, 0.4) is 0 Å². The molecule has 124 valence electrons. The van der Waals surface area contributed by atoms with Gasteiger partial charge < -0.3 is 15.5 Å². The first kappa shape index (κ1) is 15.2. The highest BCUT2D eigenvalue weighted by atomic mass is 16.2. The van der Waals surface area contributed by atoms with Gasteiger partial charge in [0.2, 0.25) is 5.91 Å². The van der Waals surface area contributed by atoms with Crippen LogP contribution in [0.15, 0.2) is 24.3 Å². The monoisotopic (exact) mass is 313 g/mol. The second kappa shape index (κ2) is 5.32. The van der Waals surface area contributed by atoms with E-state index in [1.54, 1.807) is 0 Å². The van der Waals surface area contributed by atoms with Gasteiger partial charge in [-0.05, 0) is 50.3 Å². The number of benzene rings is 1. The Kier molecular flexibility index (Phi) is 3.50. The fraction of sp³-hybridized carbons (Fsp3) is 0.632. The Labute approximate surface area is 138 Å². The first-order valence-corrected chi connectivity index (χ1v) is 8.87. The number of nitrogens with zero attached hydrogens (tertiary/aromatic N) is 2. The Morgan fingerprint density at radius 2 is 1.65 bits per heavy atom. The summed E-state index contributed by atoms with van der Waals surface area (Å²) in [6.45, 7) is 3.70. The molecule has 3 aliphatic rings. The van der Waals surface area contributed by atoms with Crippen molar-refractivity contribution < 1.29 is 4.79 Å². The van der Waals surface area contributed by atoms with Gasteiger partial charge in [0, 0.05) is 31.7 Å². The number of piperazine rings is 1. The molecule has 4 rings (SSSR count). The minimum Gasteiger partial charge on any atom is -0.339 e. The zero-order chi connectivity index (χ0) is 16.1. The fourth-order valence-corrected chi connectivity index (χ4v) is 3.75. The molecule has 1 aliphatic heterocycles. The van der Waals surface area contributed by atoms with Gasteiger partial charge in [-0.15, -0.1) is 0 Å². The fourth-order valence-electron chi connectivity index (χ4n) is 3.75. The average molecular weight is 313 g/mol. The maximum absolute atomic E-state index is 13.0. The molecule has 2 N–H and O–H groups in total. The predicted molar refractivity (Wildman–Crippen MR) is 91.3 cm³/mol. The molecule has 1 aromatic carbocycles. The van der Waals surface area contributed by atoms with Crippen LogP contribution in [0.1, 0.15) is 36.8 Å². The maximum Gasteiger partial charge on any atom is 0.233 e. The Morgan fingerprint density at radius 1 is 1.04 bits per heavy atom. The third-order valence-electron chi connectivity index (χ3n) is 5.90. The molecule has 0 atom stereocenters. The van der Waals surface area contributed by atoms with E-state index >= 15 is 0 Å². The van der Waals surface area contributed by atoms with Crippen molar-refractivity contribution >= 4 is 5.91 Å². The van der Waals surface area contributed by atoms with Crippen molar-refractivity contribution in [2.45, 2.75) is 43.1 Å². The van der Waals surface area contributed by atoms with E-state index in [1.807, 2.05) is 0 Å². The van der Waals surface area contributed by atoms with Crippen molar-refractivity contribution in [1.82, 2.24) is 9.80 Å². The lowest BCUT2D eigenvalue weighted by atomic mass is 9.92. The molecule has 1 amide bonds. The van der Waals surface area contributed by atoms with Crippen LogP contribution < -0.4 is 5.73 Å². The lowest BCUT2D eigenvalue weighted by molar-refractivity contribution is -0.135. The molecule has 0 bridgehead atoms. The summed E-state index contributed by atoms with van der Waals surface area (Å²) in [6, 6.07) is 8.70. The predicted octanol–water partition coefficient (Wildman–Crippen LogP) is 1.53. The van der Waals surface area contributed by atoms with E-state index in [-0.39, 0.29) is 11.0 Å². The highest BCUT2D eigenvalue weighted by Crippen LogP contribution is 2.50. The highest BCUT2D eigenvalue weighted by Gasteiger charge is 2.53. The summed E-state index contributed by atoms with van der Waals surface area (Å²) in [5.41, 5.74) is 8.53. The number of carbonyl (C=O) groups excluding carboxylic acids is 1. The van der Waals surface area contributed by atoms with Crippen molar-refractivity contribution in [3.8, 4) is 0 Å². The van der Waals surface area contributed by atoms with Gasteiger partial charge >= 0.3 is 0 Å². The molecular formula is C19H27N3O. The summed E-state index contributed by atoms with van der Waals surface area (Å²) in [6.07, 6.45) is 5.24. The van der Waals surface area contributed by atoms with Crippen LogP contribution in [0.2, 0.25) is 0 Å². The number of hydrogen-bond acceptors (Lipinski definition) is 3. The Morgan fingerprint density at radius 3 is 2.17 bits per heavy atom.